The lowest BCUT2D eigenvalue weighted by Crippen LogP contribution is -2.42. The van der Waals surface area contributed by atoms with Gasteiger partial charge in [0, 0.05) is 11.8 Å². The van der Waals surface area contributed by atoms with Crippen LogP contribution < -0.4 is 20.1 Å². The maximum absolute atomic E-state index is 12.3. The highest BCUT2D eigenvalue weighted by Gasteiger charge is 2.45. The molecule has 3 rings (SSSR count). The van der Waals surface area contributed by atoms with Crippen LogP contribution in [0.1, 0.15) is 20.8 Å². The highest BCUT2D eigenvalue weighted by molar-refractivity contribution is 6.08. The molecule has 1 atom stereocenters. The number of nitrogens with one attached hydrogen (secondary N) is 2. The number of imide groups is 1. The first kappa shape index (κ1) is 19.5. The average molecular weight is 391 g/mol. The van der Waals surface area contributed by atoms with Crippen molar-refractivity contribution in [2.75, 3.05) is 25.1 Å². The molecule has 2 aliphatic heterocycles. The van der Waals surface area contributed by atoms with Crippen molar-refractivity contribution in [1.82, 2.24) is 10.2 Å². The third-order valence-electron chi connectivity index (χ3n) is 4.22. The van der Waals surface area contributed by atoms with Crippen molar-refractivity contribution in [1.29, 1.82) is 0 Å². The Morgan fingerprint density at radius 2 is 1.93 bits per heavy atom. The number of hydrogen-bond acceptors (Lipinski definition) is 7. The Hall–Kier alpha value is -3.30. The predicted octanol–water partition coefficient (Wildman–Crippen LogP) is 0.658. The predicted molar refractivity (Wildman–Crippen MR) is 95.9 cm³/mol. The molecule has 1 fully saturated rings. The number of fused-ring (bicyclic) bond motifs is 1. The first-order chi connectivity index (χ1) is 13.2. The highest BCUT2D eigenvalue weighted by Crippen LogP contribution is 2.32. The maximum atomic E-state index is 12.3. The van der Waals surface area contributed by atoms with Gasteiger partial charge in [0.05, 0.1) is 0 Å². The minimum Gasteiger partial charge on any atom is -0.486 e. The molecule has 0 aliphatic carbocycles. The van der Waals surface area contributed by atoms with E-state index in [4.69, 9.17) is 14.2 Å². The van der Waals surface area contributed by atoms with Crippen molar-refractivity contribution in [3.05, 3.63) is 18.2 Å². The van der Waals surface area contributed by atoms with Gasteiger partial charge < -0.3 is 24.8 Å². The van der Waals surface area contributed by atoms with Gasteiger partial charge >= 0.3 is 12.0 Å². The monoisotopic (exact) mass is 391 g/mol. The number of esters is 1. The Bertz CT molecular complexity index is 836. The number of urea groups is 1. The van der Waals surface area contributed by atoms with E-state index >= 15 is 0 Å². The molecule has 0 bridgehead atoms. The molecular formula is C18H21N3O7. The summed E-state index contributed by atoms with van der Waals surface area (Å²) in [5.74, 6) is -0.883. The Kier molecular flexibility index (Phi) is 5.12. The SMILES string of the molecule is C[C@H](OC(=O)CN1C(=O)NC(C)(C)C1=O)C(=O)Nc1ccc2c(c1)OCCO2. The topological polar surface area (TPSA) is 123 Å². The van der Waals surface area contributed by atoms with Crippen molar-refractivity contribution in [2.45, 2.75) is 32.4 Å². The fraction of sp³-hybridized carbons (Fsp3) is 0.444. The number of ether oxygens (including phenoxy) is 3. The van der Waals surface area contributed by atoms with E-state index in [0.29, 0.717) is 30.4 Å². The number of benzene rings is 1. The van der Waals surface area contributed by atoms with Crippen LogP contribution in [0.5, 0.6) is 11.5 Å². The Morgan fingerprint density at radius 1 is 1.25 bits per heavy atom. The number of amides is 4. The van der Waals surface area contributed by atoms with E-state index in [1.807, 2.05) is 0 Å². The smallest absolute Gasteiger partial charge is 0.327 e. The highest BCUT2D eigenvalue weighted by atomic mass is 16.6. The maximum Gasteiger partial charge on any atom is 0.327 e. The van der Waals surface area contributed by atoms with Crippen LogP contribution in [0, 0.1) is 0 Å². The second-order valence-corrected chi connectivity index (χ2v) is 6.93. The van der Waals surface area contributed by atoms with E-state index in [2.05, 4.69) is 10.6 Å². The molecule has 2 heterocycles. The molecule has 2 N–H and O–H groups in total. The van der Waals surface area contributed by atoms with Gasteiger partial charge in [0.1, 0.15) is 25.3 Å². The summed E-state index contributed by atoms with van der Waals surface area (Å²) in [5.41, 5.74) is -0.633. The molecule has 4 amide bonds. The minimum absolute atomic E-state index is 0.415. The normalized spacial score (nSPS) is 18.3. The molecule has 1 aromatic carbocycles. The van der Waals surface area contributed by atoms with E-state index in [1.54, 1.807) is 18.2 Å². The third-order valence-corrected chi connectivity index (χ3v) is 4.22. The number of carbonyl (C=O) groups is 4. The molecule has 0 unspecified atom stereocenters. The molecular weight excluding hydrogens is 370 g/mol. The summed E-state index contributed by atoms with van der Waals surface area (Å²) in [7, 11) is 0. The van der Waals surface area contributed by atoms with Gasteiger partial charge in [-0.25, -0.2) is 4.79 Å². The molecule has 0 aromatic heterocycles. The number of hydrogen-bond donors (Lipinski definition) is 2. The zero-order valence-electron chi connectivity index (χ0n) is 15.7. The van der Waals surface area contributed by atoms with Crippen LogP contribution in [-0.2, 0) is 19.1 Å². The van der Waals surface area contributed by atoms with E-state index in [9.17, 15) is 19.2 Å². The van der Waals surface area contributed by atoms with E-state index < -0.39 is 42.0 Å². The number of nitrogens with zero attached hydrogens (tertiary/aromatic N) is 1. The average Bonchev–Trinajstić information content (AvgIpc) is 2.83. The van der Waals surface area contributed by atoms with Crippen LogP contribution in [0.2, 0.25) is 0 Å². The van der Waals surface area contributed by atoms with Gasteiger partial charge in [0.15, 0.2) is 17.6 Å². The zero-order chi connectivity index (χ0) is 20.5. The van der Waals surface area contributed by atoms with E-state index in [-0.39, 0.29) is 0 Å². The molecule has 150 valence electrons. The fourth-order valence-electron chi connectivity index (χ4n) is 2.74. The fourth-order valence-corrected chi connectivity index (χ4v) is 2.74. The van der Waals surface area contributed by atoms with Crippen LogP contribution in [0.15, 0.2) is 18.2 Å². The number of rotatable bonds is 5. The van der Waals surface area contributed by atoms with Crippen LogP contribution in [0.3, 0.4) is 0 Å². The van der Waals surface area contributed by atoms with Gasteiger partial charge in [-0.1, -0.05) is 0 Å². The van der Waals surface area contributed by atoms with Crippen molar-refractivity contribution in [2.24, 2.45) is 0 Å². The minimum atomic E-state index is -1.13. The summed E-state index contributed by atoms with van der Waals surface area (Å²) in [6.07, 6.45) is -1.13. The van der Waals surface area contributed by atoms with Gasteiger partial charge in [0.2, 0.25) is 0 Å². The summed E-state index contributed by atoms with van der Waals surface area (Å²) in [6, 6.07) is 4.23. The second-order valence-electron chi connectivity index (χ2n) is 6.93. The van der Waals surface area contributed by atoms with Crippen LogP contribution >= 0.6 is 0 Å². The lowest BCUT2D eigenvalue weighted by molar-refractivity contribution is -0.155. The first-order valence-electron chi connectivity index (χ1n) is 8.71. The van der Waals surface area contributed by atoms with Gasteiger partial charge in [0.25, 0.3) is 11.8 Å². The summed E-state index contributed by atoms with van der Waals surface area (Å²) < 4.78 is 15.9. The summed E-state index contributed by atoms with van der Waals surface area (Å²) in [6.45, 7) is 4.75. The lowest BCUT2D eigenvalue weighted by atomic mass is 10.1. The van der Waals surface area contributed by atoms with Crippen molar-refractivity contribution in [3.8, 4) is 11.5 Å². The molecule has 0 radical (unpaired) electrons. The summed E-state index contributed by atoms with van der Waals surface area (Å²) >= 11 is 0. The Labute approximate surface area is 161 Å². The van der Waals surface area contributed by atoms with Gasteiger partial charge in [-0.05, 0) is 32.9 Å². The lowest BCUT2D eigenvalue weighted by Gasteiger charge is -2.20. The molecule has 0 saturated carbocycles. The molecule has 28 heavy (non-hydrogen) atoms. The summed E-state index contributed by atoms with van der Waals surface area (Å²) in [4.78, 5) is 49.0. The van der Waals surface area contributed by atoms with E-state index in [0.717, 1.165) is 4.90 Å². The molecule has 10 heteroatoms. The van der Waals surface area contributed by atoms with Crippen LogP contribution in [0.25, 0.3) is 0 Å². The molecule has 1 aromatic rings. The Morgan fingerprint density at radius 3 is 2.57 bits per heavy atom. The van der Waals surface area contributed by atoms with Crippen LogP contribution in [-0.4, -0.2) is 60.1 Å². The molecule has 2 aliphatic rings. The molecule has 1 saturated heterocycles. The van der Waals surface area contributed by atoms with E-state index in [1.165, 1.54) is 20.8 Å². The Balaban J connectivity index is 1.55. The first-order valence-corrected chi connectivity index (χ1v) is 8.71. The van der Waals surface area contributed by atoms with Crippen molar-refractivity contribution >= 4 is 29.5 Å². The van der Waals surface area contributed by atoms with Crippen LogP contribution in [0.4, 0.5) is 10.5 Å². The third kappa shape index (κ3) is 4.00. The number of anilines is 1. The van der Waals surface area contributed by atoms with Gasteiger partial charge in [-0.2, -0.15) is 0 Å². The number of carbonyl (C=O) groups excluding carboxylic acids is 4. The van der Waals surface area contributed by atoms with Crippen molar-refractivity contribution in [3.63, 3.8) is 0 Å². The molecule has 0 spiro atoms. The van der Waals surface area contributed by atoms with Crippen molar-refractivity contribution < 1.29 is 33.4 Å². The zero-order valence-corrected chi connectivity index (χ0v) is 15.7. The standard InChI is InChI=1S/C18H21N3O7/c1-10(28-14(22)9-21-16(24)18(2,3)20-17(21)25)15(23)19-11-4-5-12-13(8-11)27-7-6-26-12/h4-5,8,10H,6-7,9H2,1-3H3,(H,19,23)(H,20,25)/t10-/m0/s1. The van der Waals surface area contributed by atoms with Gasteiger partial charge in [-0.15, -0.1) is 0 Å². The molecule has 10 nitrogen and oxygen atoms in total. The second kappa shape index (κ2) is 7.37. The largest absolute Gasteiger partial charge is 0.486 e. The van der Waals surface area contributed by atoms with Gasteiger partial charge in [-0.3, -0.25) is 19.3 Å². The summed E-state index contributed by atoms with van der Waals surface area (Å²) in [5, 5.41) is 5.07. The quantitative estimate of drug-likeness (QED) is 0.558.